The lowest BCUT2D eigenvalue weighted by atomic mass is 10.0. The van der Waals surface area contributed by atoms with Crippen molar-refractivity contribution in [3.63, 3.8) is 0 Å². The van der Waals surface area contributed by atoms with Crippen LogP contribution in [-0.2, 0) is 4.74 Å². The molecule has 1 aromatic heterocycles. The Morgan fingerprint density at radius 1 is 1.61 bits per heavy atom. The van der Waals surface area contributed by atoms with Gasteiger partial charge in [0.05, 0.1) is 23.5 Å². The molecule has 2 heterocycles. The maximum Gasteiger partial charge on any atom is 0.257 e. The lowest BCUT2D eigenvalue weighted by Gasteiger charge is -2.41. The Bertz CT molecular complexity index is 459. The van der Waals surface area contributed by atoms with E-state index in [-0.39, 0.29) is 28.9 Å². The Kier molecular flexibility index (Phi) is 3.26. The second-order valence-corrected chi connectivity index (χ2v) is 5.27. The number of carbonyl (C=O) groups excluding carboxylic acids is 1. The molecule has 1 aromatic rings. The van der Waals surface area contributed by atoms with Crippen LogP contribution in [0.2, 0.25) is 0 Å². The van der Waals surface area contributed by atoms with Crippen LogP contribution in [0.3, 0.4) is 0 Å². The summed E-state index contributed by atoms with van der Waals surface area (Å²) in [7, 11) is 0. The maximum atomic E-state index is 12.3. The van der Waals surface area contributed by atoms with Gasteiger partial charge in [0.25, 0.3) is 5.91 Å². The highest BCUT2D eigenvalue weighted by Crippen LogP contribution is 2.24. The summed E-state index contributed by atoms with van der Waals surface area (Å²) in [6, 6.07) is 1.53. The van der Waals surface area contributed by atoms with Gasteiger partial charge in [0.2, 0.25) is 0 Å². The van der Waals surface area contributed by atoms with E-state index in [0.29, 0.717) is 13.1 Å². The van der Waals surface area contributed by atoms with Crippen molar-refractivity contribution in [2.45, 2.75) is 32.5 Å². The number of nitrogens with zero attached hydrogens (tertiary/aromatic N) is 2. The van der Waals surface area contributed by atoms with Gasteiger partial charge >= 0.3 is 0 Å². The van der Waals surface area contributed by atoms with Crippen LogP contribution in [0.1, 0.15) is 31.1 Å². The molecule has 98 valence electrons. The number of carbonyl (C=O) groups is 1. The van der Waals surface area contributed by atoms with Crippen LogP contribution < -0.4 is 0 Å². The molecule has 2 rings (SSSR count). The molecule has 1 atom stereocenters. The summed E-state index contributed by atoms with van der Waals surface area (Å²) in [6.07, 6.45) is 2.77. The van der Waals surface area contributed by atoms with E-state index in [1.807, 2.05) is 20.8 Å². The summed E-state index contributed by atoms with van der Waals surface area (Å²) in [4.78, 5) is 17.8. The lowest BCUT2D eigenvalue weighted by Crippen LogP contribution is -2.53. The van der Waals surface area contributed by atoms with Crippen molar-refractivity contribution in [2.75, 3.05) is 13.1 Å². The summed E-state index contributed by atoms with van der Waals surface area (Å²) in [5, 5.41) is 9.67. The summed E-state index contributed by atoms with van der Waals surface area (Å²) >= 11 is 0. The van der Waals surface area contributed by atoms with Crippen molar-refractivity contribution in [3.8, 4) is 5.75 Å². The van der Waals surface area contributed by atoms with Crippen molar-refractivity contribution >= 4 is 5.91 Å². The topological polar surface area (TPSA) is 62.7 Å². The van der Waals surface area contributed by atoms with Crippen molar-refractivity contribution in [1.29, 1.82) is 0 Å². The minimum atomic E-state index is -0.365. The van der Waals surface area contributed by atoms with E-state index in [2.05, 4.69) is 4.98 Å². The van der Waals surface area contributed by atoms with Gasteiger partial charge in [-0.25, -0.2) is 0 Å². The van der Waals surface area contributed by atoms with Gasteiger partial charge in [0, 0.05) is 19.3 Å². The molecule has 18 heavy (non-hydrogen) atoms. The van der Waals surface area contributed by atoms with Gasteiger partial charge in [0.1, 0.15) is 5.75 Å². The minimum absolute atomic E-state index is 0.0123. The quantitative estimate of drug-likeness (QED) is 0.819. The van der Waals surface area contributed by atoms with Gasteiger partial charge in [-0.1, -0.05) is 0 Å². The number of aromatic nitrogens is 1. The van der Waals surface area contributed by atoms with Crippen molar-refractivity contribution in [2.24, 2.45) is 0 Å². The number of rotatable bonds is 1. The van der Waals surface area contributed by atoms with E-state index in [9.17, 15) is 9.90 Å². The number of pyridine rings is 1. The Morgan fingerprint density at radius 2 is 2.33 bits per heavy atom. The lowest BCUT2D eigenvalue weighted by molar-refractivity contribution is -0.118. The third-order valence-corrected chi connectivity index (χ3v) is 2.89. The SMILES string of the molecule is CC1CN(C(=O)c2ccncc2O)CC(C)(C)O1. The predicted molar refractivity (Wildman–Crippen MR) is 66.4 cm³/mol. The molecule has 1 N–H and O–H groups in total. The van der Waals surface area contributed by atoms with Gasteiger partial charge < -0.3 is 14.7 Å². The highest BCUT2D eigenvalue weighted by atomic mass is 16.5. The maximum absolute atomic E-state index is 12.3. The number of hydrogen-bond donors (Lipinski definition) is 1. The molecule has 0 radical (unpaired) electrons. The predicted octanol–water partition coefficient (Wildman–Crippen LogP) is 1.43. The van der Waals surface area contributed by atoms with Gasteiger partial charge in [-0.05, 0) is 26.8 Å². The van der Waals surface area contributed by atoms with E-state index in [4.69, 9.17) is 4.74 Å². The van der Waals surface area contributed by atoms with Gasteiger partial charge in [-0.15, -0.1) is 0 Å². The largest absolute Gasteiger partial charge is 0.505 e. The standard InChI is InChI=1S/C13H18N2O3/c1-9-7-15(8-13(2,3)18-9)12(17)10-4-5-14-6-11(10)16/h4-6,9,16H,7-8H2,1-3H3. The molecule has 5 nitrogen and oxygen atoms in total. The first-order valence-corrected chi connectivity index (χ1v) is 5.99. The highest BCUT2D eigenvalue weighted by Gasteiger charge is 2.34. The van der Waals surface area contributed by atoms with Crippen molar-refractivity contribution < 1.29 is 14.6 Å². The fraction of sp³-hybridized carbons (Fsp3) is 0.538. The zero-order chi connectivity index (χ0) is 13.3. The molecule has 1 aliphatic rings. The number of ether oxygens (including phenoxy) is 1. The molecule has 1 saturated heterocycles. The molecule has 0 saturated carbocycles. The number of morpholine rings is 1. The first-order chi connectivity index (χ1) is 8.39. The zero-order valence-electron chi connectivity index (χ0n) is 10.9. The fourth-order valence-corrected chi connectivity index (χ4v) is 2.35. The molecule has 1 unspecified atom stereocenters. The molecule has 1 aliphatic heterocycles. The smallest absolute Gasteiger partial charge is 0.257 e. The third kappa shape index (κ3) is 2.61. The number of hydrogen-bond acceptors (Lipinski definition) is 4. The molecular formula is C13H18N2O3. The molecular weight excluding hydrogens is 232 g/mol. The van der Waals surface area contributed by atoms with Gasteiger partial charge in [0.15, 0.2) is 0 Å². The molecule has 1 amide bonds. The summed E-state index contributed by atoms with van der Waals surface area (Å²) < 4.78 is 5.75. The Morgan fingerprint density at radius 3 is 2.94 bits per heavy atom. The summed E-state index contributed by atoms with van der Waals surface area (Å²) in [5.41, 5.74) is -0.0782. The average Bonchev–Trinajstić information content (AvgIpc) is 2.26. The molecule has 0 aliphatic carbocycles. The highest BCUT2D eigenvalue weighted by molar-refractivity contribution is 5.96. The molecule has 5 heteroatoms. The van der Waals surface area contributed by atoms with Crippen LogP contribution in [0.5, 0.6) is 5.75 Å². The molecule has 0 spiro atoms. The van der Waals surface area contributed by atoms with Crippen LogP contribution in [0.15, 0.2) is 18.5 Å². The molecule has 0 bridgehead atoms. The molecule has 1 fully saturated rings. The normalized spacial score (nSPS) is 22.8. The van der Waals surface area contributed by atoms with Gasteiger partial charge in [-0.3, -0.25) is 9.78 Å². The van der Waals surface area contributed by atoms with Crippen LogP contribution in [0.4, 0.5) is 0 Å². The second kappa shape index (κ2) is 4.57. The minimum Gasteiger partial charge on any atom is -0.505 e. The van der Waals surface area contributed by atoms with Crippen LogP contribution in [0.25, 0.3) is 0 Å². The van der Waals surface area contributed by atoms with Crippen molar-refractivity contribution in [3.05, 3.63) is 24.0 Å². The summed E-state index contributed by atoms with van der Waals surface area (Å²) in [6.45, 7) is 6.89. The Labute approximate surface area is 106 Å². The first kappa shape index (κ1) is 12.8. The number of aromatic hydroxyl groups is 1. The van der Waals surface area contributed by atoms with E-state index in [1.54, 1.807) is 4.90 Å². The van der Waals surface area contributed by atoms with Crippen LogP contribution in [0, 0.1) is 0 Å². The number of amides is 1. The van der Waals surface area contributed by atoms with E-state index in [0.717, 1.165) is 0 Å². The zero-order valence-corrected chi connectivity index (χ0v) is 10.9. The van der Waals surface area contributed by atoms with Gasteiger partial charge in [-0.2, -0.15) is 0 Å². The second-order valence-electron chi connectivity index (χ2n) is 5.27. The summed E-state index contributed by atoms with van der Waals surface area (Å²) in [5.74, 6) is -0.266. The third-order valence-electron chi connectivity index (χ3n) is 2.89. The van der Waals surface area contributed by atoms with E-state index < -0.39 is 0 Å². The average molecular weight is 250 g/mol. The van der Waals surface area contributed by atoms with E-state index in [1.165, 1.54) is 18.5 Å². The fourth-order valence-electron chi connectivity index (χ4n) is 2.35. The Hall–Kier alpha value is -1.62. The first-order valence-electron chi connectivity index (χ1n) is 5.99. The van der Waals surface area contributed by atoms with Crippen molar-refractivity contribution in [1.82, 2.24) is 9.88 Å². The van der Waals surface area contributed by atoms with E-state index >= 15 is 0 Å². The van der Waals surface area contributed by atoms with Crippen LogP contribution >= 0.6 is 0 Å². The Balaban J connectivity index is 2.22. The molecule has 0 aromatic carbocycles. The monoisotopic (exact) mass is 250 g/mol. The van der Waals surface area contributed by atoms with Crippen LogP contribution in [-0.4, -0.2) is 45.7 Å².